The van der Waals surface area contributed by atoms with Crippen LogP contribution in [0.4, 0.5) is 0 Å². The zero-order valence-corrected chi connectivity index (χ0v) is 15.6. The number of ether oxygens (including phenoxy) is 2. The molecule has 27 heavy (non-hydrogen) atoms. The van der Waals surface area contributed by atoms with Gasteiger partial charge < -0.3 is 14.4 Å². The molecule has 0 aliphatic carbocycles. The van der Waals surface area contributed by atoms with Crippen LogP contribution in [0.3, 0.4) is 0 Å². The Bertz CT molecular complexity index is 812. The maximum Gasteiger partial charge on any atom is 0.347 e. The second-order valence-electron chi connectivity index (χ2n) is 6.10. The zero-order valence-electron chi connectivity index (χ0n) is 15.6. The summed E-state index contributed by atoms with van der Waals surface area (Å²) in [5, 5.41) is 8.78. The van der Waals surface area contributed by atoms with Gasteiger partial charge in [0.2, 0.25) is 0 Å². The number of carbonyl (C=O) groups excluding carboxylic acids is 2. The summed E-state index contributed by atoms with van der Waals surface area (Å²) in [5.41, 5.74) is 1.50. The number of amides is 1. The number of hydrogen-bond donors (Lipinski definition) is 0. The average Bonchev–Trinajstić information content (AvgIpc) is 2.71. The molecule has 0 aliphatic rings. The molecule has 140 valence electrons. The van der Waals surface area contributed by atoms with Crippen LogP contribution in [-0.2, 0) is 14.3 Å². The molecule has 0 aromatic heterocycles. The van der Waals surface area contributed by atoms with Crippen molar-refractivity contribution in [1.29, 1.82) is 5.26 Å². The monoisotopic (exact) mass is 366 g/mol. The van der Waals surface area contributed by atoms with E-state index in [1.165, 1.54) is 4.90 Å². The lowest BCUT2D eigenvalue weighted by Crippen LogP contribution is -2.35. The van der Waals surface area contributed by atoms with Gasteiger partial charge in [0.15, 0.2) is 12.7 Å². The van der Waals surface area contributed by atoms with Gasteiger partial charge in [-0.3, -0.25) is 4.79 Å². The van der Waals surface area contributed by atoms with Crippen molar-refractivity contribution in [3.63, 3.8) is 0 Å². The lowest BCUT2D eigenvalue weighted by Gasteiger charge is -2.25. The van der Waals surface area contributed by atoms with Crippen molar-refractivity contribution >= 4 is 11.9 Å². The van der Waals surface area contributed by atoms with Crippen molar-refractivity contribution in [2.45, 2.75) is 26.0 Å². The Morgan fingerprint density at radius 3 is 2.30 bits per heavy atom. The Morgan fingerprint density at radius 1 is 1.07 bits per heavy atom. The molecule has 0 radical (unpaired) electrons. The summed E-state index contributed by atoms with van der Waals surface area (Å²) < 4.78 is 10.6. The van der Waals surface area contributed by atoms with Crippen molar-refractivity contribution in [1.82, 2.24) is 4.90 Å². The van der Waals surface area contributed by atoms with Crippen LogP contribution in [0, 0.1) is 11.3 Å². The van der Waals surface area contributed by atoms with Gasteiger partial charge in [-0.2, -0.15) is 5.26 Å². The van der Waals surface area contributed by atoms with Crippen LogP contribution >= 0.6 is 0 Å². The van der Waals surface area contributed by atoms with Crippen molar-refractivity contribution in [2.24, 2.45) is 0 Å². The van der Waals surface area contributed by atoms with Gasteiger partial charge in [0, 0.05) is 7.05 Å². The van der Waals surface area contributed by atoms with Crippen LogP contribution in [0.1, 0.15) is 31.0 Å². The van der Waals surface area contributed by atoms with Gasteiger partial charge in [0.25, 0.3) is 5.91 Å². The molecule has 2 atom stereocenters. The first kappa shape index (κ1) is 20.0. The van der Waals surface area contributed by atoms with Gasteiger partial charge in [0.1, 0.15) is 5.75 Å². The molecular weight excluding hydrogens is 344 g/mol. The Hall–Kier alpha value is -3.33. The summed E-state index contributed by atoms with van der Waals surface area (Å²) in [5.74, 6) is -0.488. The predicted octanol–water partition coefficient (Wildman–Crippen LogP) is 3.09. The van der Waals surface area contributed by atoms with E-state index in [1.807, 2.05) is 43.3 Å². The molecule has 0 saturated heterocycles. The van der Waals surface area contributed by atoms with Gasteiger partial charge in [-0.15, -0.1) is 0 Å². The summed E-state index contributed by atoms with van der Waals surface area (Å²) in [6, 6.07) is 17.9. The van der Waals surface area contributed by atoms with Crippen LogP contribution in [-0.4, -0.2) is 36.5 Å². The molecule has 0 spiro atoms. The number of benzene rings is 2. The number of nitriles is 1. The quantitative estimate of drug-likeness (QED) is 0.704. The SMILES string of the molecule is CC(Oc1ccc(C#N)cc1)C(=O)OCC(=O)N(C)C(C)c1ccccc1. The Morgan fingerprint density at radius 2 is 1.70 bits per heavy atom. The highest BCUT2D eigenvalue weighted by Crippen LogP contribution is 2.18. The Labute approximate surface area is 158 Å². The lowest BCUT2D eigenvalue weighted by molar-refractivity contribution is -0.157. The minimum atomic E-state index is -0.873. The van der Waals surface area contributed by atoms with Crippen LogP contribution in [0.2, 0.25) is 0 Å². The topological polar surface area (TPSA) is 79.6 Å². The molecule has 6 nitrogen and oxygen atoms in total. The van der Waals surface area contributed by atoms with E-state index in [-0.39, 0.29) is 18.6 Å². The van der Waals surface area contributed by atoms with Crippen LogP contribution in [0.15, 0.2) is 54.6 Å². The molecular formula is C21H22N2O4. The van der Waals surface area contributed by atoms with Gasteiger partial charge in [-0.1, -0.05) is 30.3 Å². The third kappa shape index (κ3) is 5.58. The van der Waals surface area contributed by atoms with E-state index in [1.54, 1.807) is 38.2 Å². The number of rotatable bonds is 7. The second-order valence-corrected chi connectivity index (χ2v) is 6.10. The first-order chi connectivity index (χ1) is 12.9. The molecule has 0 N–H and O–H groups in total. The summed E-state index contributed by atoms with van der Waals surface area (Å²) >= 11 is 0. The molecule has 1 amide bonds. The molecule has 6 heteroatoms. The summed E-state index contributed by atoms with van der Waals surface area (Å²) in [4.78, 5) is 25.9. The van der Waals surface area contributed by atoms with Crippen LogP contribution in [0.5, 0.6) is 5.75 Å². The number of nitrogens with zero attached hydrogens (tertiary/aromatic N) is 2. The van der Waals surface area contributed by atoms with Crippen LogP contribution < -0.4 is 4.74 Å². The third-order valence-electron chi connectivity index (χ3n) is 4.22. The van der Waals surface area contributed by atoms with E-state index in [9.17, 15) is 9.59 Å². The molecule has 0 fully saturated rings. The number of hydrogen-bond acceptors (Lipinski definition) is 5. The average molecular weight is 366 g/mol. The lowest BCUT2D eigenvalue weighted by atomic mass is 10.1. The fourth-order valence-corrected chi connectivity index (χ4v) is 2.38. The largest absolute Gasteiger partial charge is 0.479 e. The molecule has 2 rings (SSSR count). The summed E-state index contributed by atoms with van der Waals surface area (Å²) in [7, 11) is 1.67. The van der Waals surface area contributed by atoms with Crippen molar-refractivity contribution in [2.75, 3.05) is 13.7 Å². The number of esters is 1. The van der Waals surface area contributed by atoms with E-state index < -0.39 is 12.1 Å². The Balaban J connectivity index is 1.84. The second kappa shape index (κ2) is 9.39. The summed E-state index contributed by atoms with van der Waals surface area (Å²) in [6.45, 7) is 3.10. The minimum absolute atomic E-state index is 0.135. The summed E-state index contributed by atoms with van der Waals surface area (Å²) in [6.07, 6.45) is -0.873. The van der Waals surface area contributed by atoms with Gasteiger partial charge in [-0.25, -0.2) is 4.79 Å². The van der Waals surface area contributed by atoms with Gasteiger partial charge in [0.05, 0.1) is 17.7 Å². The van der Waals surface area contributed by atoms with E-state index >= 15 is 0 Å². The molecule has 0 saturated carbocycles. The van der Waals surface area contributed by atoms with Gasteiger partial charge >= 0.3 is 5.97 Å². The highest BCUT2D eigenvalue weighted by Gasteiger charge is 2.21. The molecule has 0 aliphatic heterocycles. The smallest absolute Gasteiger partial charge is 0.347 e. The minimum Gasteiger partial charge on any atom is -0.479 e. The van der Waals surface area contributed by atoms with Crippen molar-refractivity contribution in [3.05, 3.63) is 65.7 Å². The highest BCUT2D eigenvalue weighted by molar-refractivity contribution is 5.82. The Kier molecular flexibility index (Phi) is 6.95. The maximum atomic E-state index is 12.3. The van der Waals surface area contributed by atoms with Crippen molar-refractivity contribution in [3.8, 4) is 11.8 Å². The molecule has 2 aromatic rings. The van der Waals surface area contributed by atoms with Crippen molar-refractivity contribution < 1.29 is 19.1 Å². The number of carbonyl (C=O) groups is 2. The number of likely N-dealkylation sites (N-methyl/N-ethyl adjacent to an activating group) is 1. The fourth-order valence-electron chi connectivity index (χ4n) is 2.38. The third-order valence-corrected chi connectivity index (χ3v) is 4.22. The first-order valence-corrected chi connectivity index (χ1v) is 8.56. The van der Waals surface area contributed by atoms with E-state index in [0.717, 1.165) is 5.56 Å². The zero-order chi connectivity index (χ0) is 19.8. The molecule has 0 bridgehead atoms. The molecule has 2 aromatic carbocycles. The molecule has 0 heterocycles. The first-order valence-electron chi connectivity index (χ1n) is 8.56. The standard InChI is InChI=1S/C21H22N2O4/c1-15(18-7-5-4-6-8-18)23(3)20(24)14-26-21(25)16(2)27-19-11-9-17(13-22)10-12-19/h4-12,15-16H,14H2,1-3H3. The maximum absolute atomic E-state index is 12.3. The van der Waals surface area contributed by atoms with Crippen LogP contribution in [0.25, 0.3) is 0 Å². The normalized spacial score (nSPS) is 12.4. The molecule has 2 unspecified atom stereocenters. The van der Waals surface area contributed by atoms with E-state index in [4.69, 9.17) is 14.7 Å². The van der Waals surface area contributed by atoms with E-state index in [2.05, 4.69) is 0 Å². The fraction of sp³-hybridized carbons (Fsp3) is 0.286. The van der Waals surface area contributed by atoms with E-state index in [0.29, 0.717) is 11.3 Å². The predicted molar refractivity (Wildman–Crippen MR) is 99.8 cm³/mol. The highest BCUT2D eigenvalue weighted by atomic mass is 16.6. The van der Waals surface area contributed by atoms with Gasteiger partial charge in [-0.05, 0) is 43.7 Å².